The molecule has 2 rings (SSSR count). The van der Waals surface area contributed by atoms with Crippen LogP contribution in [0.4, 0.5) is 5.69 Å². The first kappa shape index (κ1) is 14.6. The number of phenolic OH excluding ortho intramolecular Hbond substituents is 1. The standard InChI is InChI=1S/C16H19NO2S/c1-11(15-8-7-13(19-2)10-16(15)18)17-12-5-4-6-14(9-12)20-3/h4-11,17-18H,1-3H3. The van der Waals surface area contributed by atoms with Gasteiger partial charge in [0.15, 0.2) is 0 Å². The van der Waals surface area contributed by atoms with E-state index in [9.17, 15) is 5.11 Å². The summed E-state index contributed by atoms with van der Waals surface area (Å²) < 4.78 is 5.10. The fourth-order valence-electron chi connectivity index (χ4n) is 2.06. The molecule has 1 atom stereocenters. The number of nitrogens with one attached hydrogen (secondary N) is 1. The van der Waals surface area contributed by atoms with Gasteiger partial charge in [-0.15, -0.1) is 11.8 Å². The Morgan fingerprint density at radius 2 is 2.00 bits per heavy atom. The molecule has 0 saturated carbocycles. The quantitative estimate of drug-likeness (QED) is 0.805. The fourth-order valence-corrected chi connectivity index (χ4v) is 2.52. The molecule has 0 amide bonds. The number of aromatic hydroxyl groups is 1. The van der Waals surface area contributed by atoms with Gasteiger partial charge in [0, 0.05) is 22.2 Å². The minimum absolute atomic E-state index is 0.0120. The molecule has 3 nitrogen and oxygen atoms in total. The lowest BCUT2D eigenvalue weighted by atomic mass is 10.1. The van der Waals surface area contributed by atoms with Gasteiger partial charge >= 0.3 is 0 Å². The molecule has 2 aromatic carbocycles. The average molecular weight is 289 g/mol. The molecule has 0 aliphatic rings. The van der Waals surface area contributed by atoms with Crippen LogP contribution in [0.5, 0.6) is 11.5 Å². The maximum Gasteiger partial charge on any atom is 0.124 e. The van der Waals surface area contributed by atoms with E-state index in [4.69, 9.17) is 4.74 Å². The van der Waals surface area contributed by atoms with E-state index in [1.807, 2.05) is 31.2 Å². The summed E-state index contributed by atoms with van der Waals surface area (Å²) in [6.45, 7) is 2.02. The van der Waals surface area contributed by atoms with Crippen LogP contribution in [0.15, 0.2) is 47.4 Å². The first-order valence-corrected chi connectivity index (χ1v) is 7.64. The summed E-state index contributed by atoms with van der Waals surface area (Å²) >= 11 is 1.71. The van der Waals surface area contributed by atoms with Crippen molar-refractivity contribution in [3.63, 3.8) is 0 Å². The van der Waals surface area contributed by atoms with Crippen LogP contribution in [-0.4, -0.2) is 18.5 Å². The Morgan fingerprint density at radius 3 is 2.65 bits per heavy atom. The lowest BCUT2D eigenvalue weighted by Gasteiger charge is -2.18. The van der Waals surface area contributed by atoms with E-state index < -0.39 is 0 Å². The molecule has 0 heterocycles. The largest absolute Gasteiger partial charge is 0.507 e. The van der Waals surface area contributed by atoms with Crippen molar-refractivity contribution in [2.75, 3.05) is 18.7 Å². The van der Waals surface area contributed by atoms with Crippen LogP contribution < -0.4 is 10.1 Å². The monoisotopic (exact) mass is 289 g/mol. The van der Waals surface area contributed by atoms with Gasteiger partial charge in [-0.25, -0.2) is 0 Å². The van der Waals surface area contributed by atoms with Gasteiger partial charge in [-0.05, 0) is 43.5 Å². The van der Waals surface area contributed by atoms with Crippen LogP contribution in [0.25, 0.3) is 0 Å². The molecular weight excluding hydrogens is 270 g/mol. The van der Waals surface area contributed by atoms with Crippen LogP contribution >= 0.6 is 11.8 Å². The van der Waals surface area contributed by atoms with Gasteiger partial charge in [-0.1, -0.05) is 6.07 Å². The smallest absolute Gasteiger partial charge is 0.124 e. The first-order valence-electron chi connectivity index (χ1n) is 6.41. The maximum absolute atomic E-state index is 10.0. The summed E-state index contributed by atoms with van der Waals surface area (Å²) in [5.41, 5.74) is 1.89. The SMILES string of the molecule is COc1ccc(C(C)Nc2cccc(SC)c2)c(O)c1. The zero-order valence-electron chi connectivity index (χ0n) is 11.9. The number of rotatable bonds is 5. The predicted molar refractivity (Wildman–Crippen MR) is 84.9 cm³/mol. The van der Waals surface area contributed by atoms with Crippen molar-refractivity contribution in [1.82, 2.24) is 0 Å². The number of phenols is 1. The average Bonchev–Trinajstić information content (AvgIpc) is 2.47. The highest BCUT2D eigenvalue weighted by Crippen LogP contribution is 2.31. The molecule has 2 N–H and O–H groups in total. The molecule has 106 valence electrons. The minimum atomic E-state index is 0.0120. The summed E-state index contributed by atoms with van der Waals surface area (Å²) in [7, 11) is 1.59. The van der Waals surface area contributed by atoms with E-state index in [1.165, 1.54) is 4.90 Å². The molecule has 0 saturated heterocycles. The Bertz CT molecular complexity index is 586. The molecule has 2 aromatic rings. The number of hydrogen-bond donors (Lipinski definition) is 2. The molecule has 0 aromatic heterocycles. The van der Waals surface area contributed by atoms with E-state index in [1.54, 1.807) is 24.9 Å². The van der Waals surface area contributed by atoms with Crippen molar-refractivity contribution < 1.29 is 9.84 Å². The molecule has 20 heavy (non-hydrogen) atoms. The summed E-state index contributed by atoms with van der Waals surface area (Å²) in [4.78, 5) is 1.21. The zero-order valence-corrected chi connectivity index (χ0v) is 12.7. The topological polar surface area (TPSA) is 41.5 Å². The van der Waals surface area contributed by atoms with Gasteiger partial charge in [-0.3, -0.25) is 0 Å². The number of thioether (sulfide) groups is 1. The van der Waals surface area contributed by atoms with E-state index in [0.717, 1.165) is 11.3 Å². The van der Waals surface area contributed by atoms with Crippen LogP contribution in [0.1, 0.15) is 18.5 Å². The minimum Gasteiger partial charge on any atom is -0.507 e. The summed E-state index contributed by atoms with van der Waals surface area (Å²) in [5, 5.41) is 13.4. The van der Waals surface area contributed by atoms with Crippen molar-refractivity contribution in [3.8, 4) is 11.5 Å². The Morgan fingerprint density at radius 1 is 1.20 bits per heavy atom. The van der Waals surface area contributed by atoms with Crippen LogP contribution in [-0.2, 0) is 0 Å². The number of anilines is 1. The van der Waals surface area contributed by atoms with Crippen molar-refractivity contribution in [1.29, 1.82) is 0 Å². The maximum atomic E-state index is 10.0. The molecule has 1 unspecified atom stereocenters. The highest BCUT2D eigenvalue weighted by atomic mass is 32.2. The fraction of sp³-hybridized carbons (Fsp3) is 0.250. The van der Waals surface area contributed by atoms with E-state index in [2.05, 4.69) is 23.7 Å². The summed E-state index contributed by atoms with van der Waals surface area (Å²) in [6.07, 6.45) is 2.05. The third kappa shape index (κ3) is 3.39. The second-order valence-corrected chi connectivity index (χ2v) is 5.40. The molecule has 0 aliphatic carbocycles. The highest BCUT2D eigenvalue weighted by molar-refractivity contribution is 7.98. The highest BCUT2D eigenvalue weighted by Gasteiger charge is 2.11. The normalized spacial score (nSPS) is 11.9. The van der Waals surface area contributed by atoms with Gasteiger partial charge in [0.25, 0.3) is 0 Å². The van der Waals surface area contributed by atoms with Crippen molar-refractivity contribution >= 4 is 17.4 Å². The van der Waals surface area contributed by atoms with Gasteiger partial charge in [-0.2, -0.15) is 0 Å². The van der Waals surface area contributed by atoms with Crippen LogP contribution in [0.2, 0.25) is 0 Å². The summed E-state index contributed by atoms with van der Waals surface area (Å²) in [6, 6.07) is 13.6. The first-order chi connectivity index (χ1) is 9.63. The molecular formula is C16H19NO2S. The Kier molecular flexibility index (Phi) is 4.79. The number of ether oxygens (including phenoxy) is 1. The Balaban J connectivity index is 2.16. The van der Waals surface area contributed by atoms with Crippen LogP contribution in [0, 0.1) is 0 Å². The van der Waals surface area contributed by atoms with Gasteiger partial charge in [0.1, 0.15) is 11.5 Å². The Labute approximate surface area is 124 Å². The van der Waals surface area contributed by atoms with Crippen molar-refractivity contribution in [2.45, 2.75) is 17.9 Å². The molecule has 0 fully saturated rings. The van der Waals surface area contributed by atoms with Gasteiger partial charge < -0.3 is 15.2 Å². The summed E-state index contributed by atoms with van der Waals surface area (Å²) in [5.74, 6) is 0.896. The van der Waals surface area contributed by atoms with E-state index in [0.29, 0.717) is 5.75 Å². The van der Waals surface area contributed by atoms with Gasteiger partial charge in [0.2, 0.25) is 0 Å². The van der Waals surface area contributed by atoms with E-state index >= 15 is 0 Å². The predicted octanol–water partition coefficient (Wildman–Crippen LogP) is 4.30. The molecule has 4 heteroatoms. The van der Waals surface area contributed by atoms with Gasteiger partial charge in [0.05, 0.1) is 13.2 Å². The molecule has 0 aliphatic heterocycles. The van der Waals surface area contributed by atoms with Crippen molar-refractivity contribution in [3.05, 3.63) is 48.0 Å². The Hall–Kier alpha value is -1.81. The number of benzene rings is 2. The van der Waals surface area contributed by atoms with E-state index in [-0.39, 0.29) is 11.8 Å². The van der Waals surface area contributed by atoms with Crippen molar-refractivity contribution in [2.24, 2.45) is 0 Å². The third-order valence-corrected chi connectivity index (χ3v) is 3.88. The molecule has 0 spiro atoms. The number of hydrogen-bond acceptors (Lipinski definition) is 4. The second-order valence-electron chi connectivity index (χ2n) is 4.52. The molecule has 0 bridgehead atoms. The second kappa shape index (κ2) is 6.57. The zero-order chi connectivity index (χ0) is 14.5. The number of methoxy groups -OCH3 is 1. The van der Waals surface area contributed by atoms with Crippen LogP contribution in [0.3, 0.4) is 0 Å². The molecule has 0 radical (unpaired) electrons. The lowest BCUT2D eigenvalue weighted by Crippen LogP contribution is -2.06. The lowest BCUT2D eigenvalue weighted by molar-refractivity contribution is 0.406. The third-order valence-electron chi connectivity index (χ3n) is 3.16.